The summed E-state index contributed by atoms with van der Waals surface area (Å²) < 4.78 is 36.1. The van der Waals surface area contributed by atoms with Gasteiger partial charge in [0.15, 0.2) is 5.75 Å². The van der Waals surface area contributed by atoms with Gasteiger partial charge in [0.1, 0.15) is 10.8 Å². The van der Waals surface area contributed by atoms with E-state index in [2.05, 4.69) is 29.0 Å². The lowest BCUT2D eigenvalue weighted by molar-refractivity contribution is 0.143. The van der Waals surface area contributed by atoms with Crippen LogP contribution >= 0.6 is 11.6 Å². The van der Waals surface area contributed by atoms with Crippen molar-refractivity contribution < 1.29 is 27.6 Å². The minimum atomic E-state index is -4.02. The summed E-state index contributed by atoms with van der Waals surface area (Å²) in [5, 5.41) is 9.63. The average Bonchev–Trinajstić information content (AvgIpc) is 3.65. The van der Waals surface area contributed by atoms with Crippen molar-refractivity contribution in [2.75, 3.05) is 18.0 Å². The minimum absolute atomic E-state index is 0.0100. The molecule has 2 aliphatic carbocycles. The van der Waals surface area contributed by atoms with Gasteiger partial charge >= 0.3 is 6.16 Å². The number of ether oxygens (including phenoxy) is 1. The number of aromatic nitrogens is 2. The maximum Gasteiger partial charge on any atom is 0.511 e. The minimum Gasteiger partial charge on any atom is -0.449 e. The molecular formula is C28H31ClN4O7S. The van der Waals surface area contributed by atoms with Gasteiger partial charge in [-0.3, -0.25) is 9.35 Å². The molecule has 3 aliphatic rings. The number of pyridine rings is 2. The molecule has 13 heteroatoms. The van der Waals surface area contributed by atoms with Crippen molar-refractivity contribution >= 4 is 44.6 Å². The zero-order valence-corrected chi connectivity index (χ0v) is 24.0. The highest BCUT2D eigenvalue weighted by Gasteiger charge is 2.41. The molecule has 1 saturated carbocycles. The standard InChI is InChI=1S/C21H23ClN4O4.C7H8O3S/c1-10-2-5-15(23)14-8-25(7-13(10)14)20-17(22)18-12(6-24-20)19(27)16(30-21(28)29)9-26(18)11-3-4-11;1-6-2-4-7(5-3-6)11(8,9)10/h2,5-6,9-11,13-15H,3-4,7-8,23H2,1H3,(H,28,29);2-5H,1H3,(H,8,9,10)/t10?,13-,14-,15+;/m0./s1. The molecule has 3 heterocycles. The fraction of sp³-hybridized carbons (Fsp3) is 0.393. The molecule has 1 aliphatic heterocycles. The Hall–Kier alpha value is -3.45. The lowest BCUT2D eigenvalue weighted by Gasteiger charge is -2.30. The maximum atomic E-state index is 12.8. The lowest BCUT2D eigenvalue weighted by atomic mass is 9.77. The number of nitrogens with zero attached hydrogens (tertiary/aromatic N) is 3. The molecule has 11 nitrogen and oxygen atoms in total. The van der Waals surface area contributed by atoms with Crippen LogP contribution in [0.15, 0.2) is 58.5 Å². The molecule has 0 amide bonds. The number of hydrogen-bond acceptors (Lipinski definition) is 8. The molecule has 6 rings (SSSR count). The molecular weight excluding hydrogens is 572 g/mol. The van der Waals surface area contributed by atoms with E-state index in [-0.39, 0.29) is 28.1 Å². The molecule has 2 aromatic heterocycles. The van der Waals surface area contributed by atoms with Crippen LogP contribution in [-0.2, 0) is 10.1 Å². The quantitative estimate of drug-likeness (QED) is 0.223. The van der Waals surface area contributed by atoms with Crippen LogP contribution < -0.4 is 20.8 Å². The molecule has 1 unspecified atom stereocenters. The van der Waals surface area contributed by atoms with Gasteiger partial charge in [-0.05, 0) is 43.7 Å². The van der Waals surface area contributed by atoms with E-state index in [0.717, 1.165) is 31.5 Å². The summed E-state index contributed by atoms with van der Waals surface area (Å²) in [6.45, 7) is 5.60. The monoisotopic (exact) mass is 602 g/mol. The number of aryl methyl sites for hydroxylation is 1. The van der Waals surface area contributed by atoms with E-state index in [0.29, 0.717) is 34.1 Å². The largest absolute Gasteiger partial charge is 0.511 e. The topological polar surface area (TPSA) is 165 Å². The summed E-state index contributed by atoms with van der Waals surface area (Å²) in [7, 11) is -4.02. The van der Waals surface area contributed by atoms with E-state index in [1.807, 2.05) is 11.5 Å². The Balaban J connectivity index is 0.000000259. The molecule has 41 heavy (non-hydrogen) atoms. The normalized spacial score (nSPS) is 23.6. The van der Waals surface area contributed by atoms with Crippen molar-refractivity contribution in [1.29, 1.82) is 0 Å². The Morgan fingerprint density at radius 1 is 1.15 bits per heavy atom. The molecule has 4 atom stereocenters. The third-order valence-corrected chi connectivity index (χ3v) is 9.15. The van der Waals surface area contributed by atoms with Crippen molar-refractivity contribution in [2.24, 2.45) is 23.5 Å². The van der Waals surface area contributed by atoms with Crippen molar-refractivity contribution in [1.82, 2.24) is 9.55 Å². The summed E-state index contributed by atoms with van der Waals surface area (Å²) in [6, 6.07) is 6.16. The van der Waals surface area contributed by atoms with Crippen LogP contribution in [0.2, 0.25) is 5.02 Å². The van der Waals surface area contributed by atoms with Crippen LogP contribution in [-0.4, -0.2) is 52.9 Å². The molecule has 1 saturated heterocycles. The predicted octanol–water partition coefficient (Wildman–Crippen LogP) is 4.27. The van der Waals surface area contributed by atoms with Gasteiger partial charge in [0.2, 0.25) is 5.43 Å². The SMILES string of the molecule is CC1C=C[C@@H](N)[C@H]2CN(c3ncc4c(=O)c(OC(=O)O)cn(C5CC5)c4c3Cl)C[C@@H]12.Cc1ccc(S(=O)(=O)O)cc1. The van der Waals surface area contributed by atoms with E-state index in [1.54, 1.807) is 12.1 Å². The van der Waals surface area contributed by atoms with Gasteiger partial charge in [-0.25, -0.2) is 9.78 Å². The Morgan fingerprint density at radius 2 is 1.80 bits per heavy atom. The van der Waals surface area contributed by atoms with Gasteiger partial charge in [0, 0.05) is 37.3 Å². The number of benzene rings is 1. The number of nitrogens with two attached hydrogens (primary N) is 1. The van der Waals surface area contributed by atoms with E-state index < -0.39 is 21.7 Å². The second kappa shape index (κ2) is 11.1. The molecule has 4 N–H and O–H groups in total. The Bertz CT molecular complexity index is 1670. The van der Waals surface area contributed by atoms with E-state index in [1.165, 1.54) is 24.5 Å². The third kappa shape index (κ3) is 5.96. The number of anilines is 1. The number of carbonyl (C=O) groups is 1. The number of halogens is 1. The smallest absolute Gasteiger partial charge is 0.449 e. The van der Waals surface area contributed by atoms with Crippen LogP contribution in [0, 0.1) is 24.7 Å². The van der Waals surface area contributed by atoms with Crippen molar-refractivity contribution in [3.63, 3.8) is 0 Å². The number of hydrogen-bond donors (Lipinski definition) is 3. The summed E-state index contributed by atoms with van der Waals surface area (Å²) in [5.41, 5.74) is 7.33. The number of allylic oxidation sites excluding steroid dienone is 1. The Morgan fingerprint density at radius 3 is 2.39 bits per heavy atom. The van der Waals surface area contributed by atoms with Crippen LogP contribution in [0.4, 0.5) is 10.6 Å². The molecule has 0 bridgehead atoms. The lowest BCUT2D eigenvalue weighted by Crippen LogP contribution is -2.38. The van der Waals surface area contributed by atoms with Gasteiger partial charge in [-0.15, -0.1) is 0 Å². The fourth-order valence-electron chi connectivity index (χ4n) is 5.59. The molecule has 2 fully saturated rings. The number of rotatable bonds is 4. The van der Waals surface area contributed by atoms with Crippen LogP contribution in [0.1, 0.15) is 31.4 Å². The van der Waals surface area contributed by atoms with Gasteiger partial charge in [-0.1, -0.05) is 48.4 Å². The van der Waals surface area contributed by atoms with Gasteiger partial charge < -0.3 is 25.0 Å². The third-order valence-electron chi connectivity index (χ3n) is 7.93. The zero-order valence-electron chi connectivity index (χ0n) is 22.5. The average molecular weight is 603 g/mol. The predicted molar refractivity (Wildman–Crippen MR) is 154 cm³/mol. The summed E-state index contributed by atoms with van der Waals surface area (Å²) >= 11 is 6.83. The summed E-state index contributed by atoms with van der Waals surface area (Å²) in [6.07, 6.45) is 7.55. The first-order valence-electron chi connectivity index (χ1n) is 13.2. The van der Waals surface area contributed by atoms with E-state index >= 15 is 0 Å². The molecule has 0 radical (unpaired) electrons. The molecule has 218 valence electrons. The fourth-order valence-corrected chi connectivity index (χ4v) is 6.43. The second-order valence-electron chi connectivity index (χ2n) is 10.8. The Kier molecular flexibility index (Phi) is 7.86. The summed E-state index contributed by atoms with van der Waals surface area (Å²) in [5.74, 6) is 1.59. The van der Waals surface area contributed by atoms with Gasteiger partial charge in [0.05, 0.1) is 22.0 Å². The first-order valence-corrected chi connectivity index (χ1v) is 15.0. The number of carboxylic acid groups (broad SMARTS) is 1. The second-order valence-corrected chi connectivity index (χ2v) is 12.6. The summed E-state index contributed by atoms with van der Waals surface area (Å²) in [4.78, 5) is 30.4. The zero-order chi connectivity index (χ0) is 29.6. The van der Waals surface area contributed by atoms with E-state index in [4.69, 9.17) is 31.7 Å². The molecule has 3 aromatic rings. The van der Waals surface area contributed by atoms with Crippen molar-refractivity contribution in [3.8, 4) is 5.75 Å². The highest BCUT2D eigenvalue weighted by Crippen LogP contribution is 2.43. The molecule has 1 aromatic carbocycles. The van der Waals surface area contributed by atoms with Crippen LogP contribution in [0.25, 0.3) is 10.9 Å². The Labute approximate surface area is 241 Å². The van der Waals surface area contributed by atoms with E-state index in [9.17, 15) is 18.0 Å². The first-order chi connectivity index (χ1) is 19.3. The number of fused-ring (bicyclic) bond motifs is 2. The highest BCUT2D eigenvalue weighted by molar-refractivity contribution is 7.85. The van der Waals surface area contributed by atoms with Crippen molar-refractivity contribution in [2.45, 2.75) is 43.7 Å². The first kappa shape index (κ1) is 29.1. The maximum absolute atomic E-state index is 12.8. The van der Waals surface area contributed by atoms with Crippen LogP contribution in [0.3, 0.4) is 0 Å². The van der Waals surface area contributed by atoms with Crippen LogP contribution in [0.5, 0.6) is 5.75 Å². The molecule has 0 spiro atoms. The highest BCUT2D eigenvalue weighted by atomic mass is 35.5. The van der Waals surface area contributed by atoms with Crippen molar-refractivity contribution in [3.05, 3.63) is 69.6 Å². The van der Waals surface area contributed by atoms with Gasteiger partial charge in [0.25, 0.3) is 10.1 Å². The van der Waals surface area contributed by atoms with Gasteiger partial charge in [-0.2, -0.15) is 8.42 Å².